The Balaban J connectivity index is 2.00. The summed E-state index contributed by atoms with van der Waals surface area (Å²) in [5.41, 5.74) is 1.35. The van der Waals surface area contributed by atoms with Gasteiger partial charge in [0.2, 0.25) is 0 Å². The highest BCUT2D eigenvalue weighted by atomic mass is 32.2. The van der Waals surface area contributed by atoms with E-state index in [1.807, 2.05) is 36.4 Å². The summed E-state index contributed by atoms with van der Waals surface area (Å²) in [6.45, 7) is 2.22. The molecule has 0 saturated carbocycles. The molecule has 2 aromatic rings. The Hall–Kier alpha value is -1.41. The zero-order valence-electron chi connectivity index (χ0n) is 12.7. The van der Waals surface area contributed by atoms with Crippen LogP contribution in [0.15, 0.2) is 65.6 Å². The molecule has 0 aliphatic heterocycles. The van der Waals surface area contributed by atoms with E-state index < -0.39 is 10.8 Å². The van der Waals surface area contributed by atoms with E-state index in [1.54, 1.807) is 0 Å². The van der Waals surface area contributed by atoms with Gasteiger partial charge in [0.1, 0.15) is 0 Å². The number of hydrogen-bond donors (Lipinski definition) is 0. The smallest absolute Gasteiger partial charge is 0.0532 e. The molecule has 21 heavy (non-hydrogen) atoms. The summed E-state index contributed by atoms with van der Waals surface area (Å²) in [5, 5.41) is 0. The fourth-order valence-electron chi connectivity index (χ4n) is 2.57. The molecular weight excluding hydrogens is 276 g/mol. The van der Waals surface area contributed by atoms with Crippen molar-refractivity contribution in [1.82, 2.24) is 0 Å². The van der Waals surface area contributed by atoms with E-state index in [-0.39, 0.29) is 0 Å². The second-order valence-corrected chi connectivity index (χ2v) is 7.02. The Kier molecular flexibility index (Phi) is 6.68. The SMILES string of the molecule is CCCCC(Cc1ccccc1)CS(=O)c1ccccc1. The van der Waals surface area contributed by atoms with E-state index in [2.05, 4.69) is 31.2 Å². The first-order valence-electron chi connectivity index (χ1n) is 7.77. The molecule has 0 aliphatic carbocycles. The summed E-state index contributed by atoms with van der Waals surface area (Å²) in [7, 11) is -0.891. The molecule has 0 aliphatic rings. The molecule has 1 nitrogen and oxygen atoms in total. The van der Waals surface area contributed by atoms with Crippen molar-refractivity contribution in [1.29, 1.82) is 0 Å². The van der Waals surface area contributed by atoms with Crippen LogP contribution in [0.5, 0.6) is 0 Å². The Labute approximate surface area is 130 Å². The average Bonchev–Trinajstić information content (AvgIpc) is 2.54. The van der Waals surface area contributed by atoms with Gasteiger partial charge < -0.3 is 0 Å². The summed E-state index contributed by atoms with van der Waals surface area (Å²) < 4.78 is 12.5. The highest BCUT2D eigenvalue weighted by Gasteiger charge is 2.14. The molecule has 112 valence electrons. The molecular formula is C19H24OS. The minimum Gasteiger partial charge on any atom is -0.254 e. The number of rotatable bonds is 8. The lowest BCUT2D eigenvalue weighted by atomic mass is 9.96. The quantitative estimate of drug-likeness (QED) is 0.681. The van der Waals surface area contributed by atoms with Crippen molar-refractivity contribution < 1.29 is 4.21 Å². The molecule has 2 rings (SSSR count). The maximum atomic E-state index is 12.5. The van der Waals surface area contributed by atoms with Gasteiger partial charge in [-0.15, -0.1) is 0 Å². The number of unbranched alkanes of at least 4 members (excludes halogenated alkanes) is 1. The van der Waals surface area contributed by atoms with Crippen LogP contribution in [-0.4, -0.2) is 9.96 Å². The highest BCUT2D eigenvalue weighted by Crippen LogP contribution is 2.19. The molecule has 0 N–H and O–H groups in total. The fourth-order valence-corrected chi connectivity index (χ4v) is 3.93. The largest absolute Gasteiger partial charge is 0.254 e. The van der Waals surface area contributed by atoms with Crippen molar-refractivity contribution in [3.05, 3.63) is 66.2 Å². The predicted molar refractivity (Wildman–Crippen MR) is 90.9 cm³/mol. The van der Waals surface area contributed by atoms with E-state index in [4.69, 9.17) is 0 Å². The molecule has 0 aromatic heterocycles. The summed E-state index contributed by atoms with van der Waals surface area (Å²) in [6, 6.07) is 20.4. The second kappa shape index (κ2) is 8.78. The lowest BCUT2D eigenvalue weighted by molar-refractivity contribution is 0.506. The van der Waals surface area contributed by atoms with Gasteiger partial charge in [0.05, 0.1) is 10.8 Å². The maximum absolute atomic E-state index is 12.5. The van der Waals surface area contributed by atoms with Crippen molar-refractivity contribution in [2.75, 3.05) is 5.75 Å². The standard InChI is InChI=1S/C19H24OS/c1-2-3-10-18(15-17-11-6-4-7-12-17)16-21(20)19-13-8-5-9-14-19/h4-9,11-14,18H,2-3,10,15-16H2,1H3. The van der Waals surface area contributed by atoms with E-state index in [9.17, 15) is 4.21 Å². The molecule has 0 radical (unpaired) electrons. The van der Waals surface area contributed by atoms with Gasteiger partial charge in [-0.05, 0) is 36.5 Å². The minimum atomic E-state index is -0.891. The van der Waals surface area contributed by atoms with E-state index in [1.165, 1.54) is 18.4 Å². The normalized spacial score (nSPS) is 13.8. The van der Waals surface area contributed by atoms with Gasteiger partial charge in [-0.2, -0.15) is 0 Å². The third kappa shape index (κ3) is 5.47. The Morgan fingerprint density at radius 3 is 2.19 bits per heavy atom. The zero-order chi connectivity index (χ0) is 14.9. The first kappa shape index (κ1) is 16.0. The van der Waals surface area contributed by atoms with Crippen LogP contribution in [0.25, 0.3) is 0 Å². The van der Waals surface area contributed by atoms with Gasteiger partial charge in [-0.3, -0.25) is 4.21 Å². The Morgan fingerprint density at radius 1 is 0.952 bits per heavy atom. The van der Waals surface area contributed by atoms with Crippen molar-refractivity contribution >= 4 is 10.8 Å². The molecule has 0 bridgehead atoms. The zero-order valence-corrected chi connectivity index (χ0v) is 13.5. The summed E-state index contributed by atoms with van der Waals surface area (Å²) >= 11 is 0. The third-order valence-electron chi connectivity index (χ3n) is 3.73. The first-order valence-corrected chi connectivity index (χ1v) is 9.09. The van der Waals surface area contributed by atoms with Gasteiger partial charge in [-0.25, -0.2) is 0 Å². The van der Waals surface area contributed by atoms with Gasteiger partial charge in [-0.1, -0.05) is 68.3 Å². The van der Waals surface area contributed by atoms with Crippen molar-refractivity contribution in [2.45, 2.75) is 37.5 Å². The summed E-state index contributed by atoms with van der Waals surface area (Å²) in [4.78, 5) is 0.951. The molecule has 0 heterocycles. The molecule has 0 saturated heterocycles. The molecule has 2 heteroatoms. The lowest BCUT2D eigenvalue weighted by Gasteiger charge is -2.16. The van der Waals surface area contributed by atoms with Gasteiger partial charge in [0, 0.05) is 10.6 Å². The Bertz CT molecular complexity index is 536. The van der Waals surface area contributed by atoms with Crippen molar-refractivity contribution in [2.24, 2.45) is 5.92 Å². The molecule has 2 unspecified atom stereocenters. The second-order valence-electron chi connectivity index (χ2n) is 5.52. The van der Waals surface area contributed by atoms with E-state index in [0.29, 0.717) is 5.92 Å². The molecule has 0 spiro atoms. The van der Waals surface area contributed by atoms with Crippen LogP contribution in [0.3, 0.4) is 0 Å². The molecule has 2 aromatic carbocycles. The van der Waals surface area contributed by atoms with Gasteiger partial charge >= 0.3 is 0 Å². The highest BCUT2D eigenvalue weighted by molar-refractivity contribution is 7.85. The van der Waals surface area contributed by atoms with E-state index in [0.717, 1.165) is 23.5 Å². The molecule has 0 amide bonds. The monoisotopic (exact) mass is 300 g/mol. The van der Waals surface area contributed by atoms with Crippen LogP contribution >= 0.6 is 0 Å². The molecule has 2 atom stereocenters. The number of hydrogen-bond acceptors (Lipinski definition) is 1. The van der Waals surface area contributed by atoms with Crippen LogP contribution in [0.4, 0.5) is 0 Å². The van der Waals surface area contributed by atoms with Crippen LogP contribution < -0.4 is 0 Å². The summed E-state index contributed by atoms with van der Waals surface area (Å²) in [5.74, 6) is 1.26. The van der Waals surface area contributed by atoms with Crippen LogP contribution in [-0.2, 0) is 17.2 Å². The number of benzene rings is 2. The third-order valence-corrected chi connectivity index (χ3v) is 5.30. The topological polar surface area (TPSA) is 17.1 Å². The first-order chi connectivity index (χ1) is 10.3. The van der Waals surface area contributed by atoms with Crippen LogP contribution in [0.2, 0.25) is 0 Å². The van der Waals surface area contributed by atoms with Crippen LogP contribution in [0.1, 0.15) is 31.7 Å². The van der Waals surface area contributed by atoms with Crippen molar-refractivity contribution in [3.8, 4) is 0 Å². The van der Waals surface area contributed by atoms with Gasteiger partial charge in [0.25, 0.3) is 0 Å². The van der Waals surface area contributed by atoms with Crippen molar-refractivity contribution in [3.63, 3.8) is 0 Å². The fraction of sp³-hybridized carbons (Fsp3) is 0.368. The van der Waals surface area contributed by atoms with Crippen LogP contribution in [0, 0.1) is 5.92 Å². The lowest BCUT2D eigenvalue weighted by Crippen LogP contribution is -2.14. The van der Waals surface area contributed by atoms with Gasteiger partial charge in [0.15, 0.2) is 0 Å². The van der Waals surface area contributed by atoms with E-state index >= 15 is 0 Å². The average molecular weight is 300 g/mol. The molecule has 0 fully saturated rings. The minimum absolute atomic E-state index is 0.494. The summed E-state index contributed by atoms with van der Waals surface area (Å²) in [6.07, 6.45) is 4.59. The predicted octanol–water partition coefficient (Wildman–Crippen LogP) is 4.84. The maximum Gasteiger partial charge on any atom is 0.0532 e. The Morgan fingerprint density at radius 2 is 1.57 bits per heavy atom.